The lowest BCUT2D eigenvalue weighted by Crippen LogP contribution is -2.35. The van der Waals surface area contributed by atoms with Crippen LogP contribution in [-0.4, -0.2) is 31.6 Å². The maximum absolute atomic E-state index is 11.9. The molecule has 19 heavy (non-hydrogen) atoms. The van der Waals surface area contributed by atoms with Crippen molar-refractivity contribution < 1.29 is 19.1 Å². The van der Waals surface area contributed by atoms with Crippen LogP contribution in [0.3, 0.4) is 0 Å². The van der Waals surface area contributed by atoms with E-state index in [0.29, 0.717) is 12.3 Å². The summed E-state index contributed by atoms with van der Waals surface area (Å²) in [6.45, 7) is 3.76. The van der Waals surface area contributed by atoms with Gasteiger partial charge in [-0.05, 0) is 26.0 Å². The van der Waals surface area contributed by atoms with Gasteiger partial charge in [0.25, 0.3) is 5.91 Å². The lowest BCUT2D eigenvalue weighted by Gasteiger charge is -2.14. The molecule has 1 unspecified atom stereocenters. The molecule has 0 spiro atoms. The van der Waals surface area contributed by atoms with E-state index in [1.165, 1.54) is 20.1 Å². The van der Waals surface area contributed by atoms with Gasteiger partial charge in [-0.15, -0.1) is 0 Å². The summed E-state index contributed by atoms with van der Waals surface area (Å²) in [6, 6.07) is 4.78. The van der Waals surface area contributed by atoms with E-state index in [4.69, 9.17) is 15.2 Å². The average Bonchev–Trinajstić information content (AvgIpc) is 2.39. The Morgan fingerprint density at radius 2 is 2.11 bits per heavy atom. The molecule has 0 saturated heterocycles. The van der Waals surface area contributed by atoms with Crippen LogP contribution in [0.4, 0.5) is 5.69 Å². The molecule has 0 radical (unpaired) electrons. The first-order valence-electron chi connectivity index (χ1n) is 5.92. The van der Waals surface area contributed by atoms with Crippen LogP contribution in [0.2, 0.25) is 0 Å². The third-order valence-electron chi connectivity index (χ3n) is 2.51. The third-order valence-corrected chi connectivity index (χ3v) is 2.51. The minimum Gasteiger partial charge on any atom is -0.495 e. The van der Waals surface area contributed by atoms with Gasteiger partial charge in [-0.2, -0.15) is 0 Å². The number of esters is 1. The average molecular weight is 266 g/mol. The van der Waals surface area contributed by atoms with Gasteiger partial charge in [0.15, 0.2) is 6.10 Å². The highest BCUT2D eigenvalue weighted by molar-refractivity contribution is 5.98. The Morgan fingerprint density at radius 1 is 1.42 bits per heavy atom. The molecule has 0 aliphatic heterocycles. The second kappa shape index (κ2) is 6.63. The van der Waals surface area contributed by atoms with Crippen LogP contribution in [0.5, 0.6) is 5.75 Å². The van der Waals surface area contributed by atoms with Crippen molar-refractivity contribution in [1.29, 1.82) is 0 Å². The van der Waals surface area contributed by atoms with Crippen LogP contribution >= 0.6 is 0 Å². The normalized spacial score (nSPS) is 11.5. The van der Waals surface area contributed by atoms with E-state index < -0.39 is 12.1 Å². The highest BCUT2D eigenvalue weighted by Crippen LogP contribution is 2.25. The first-order valence-corrected chi connectivity index (χ1v) is 5.92. The Bertz CT molecular complexity index is 474. The molecule has 104 valence electrons. The van der Waals surface area contributed by atoms with Crippen molar-refractivity contribution in [3.05, 3.63) is 23.8 Å². The molecular weight excluding hydrogens is 248 g/mol. The van der Waals surface area contributed by atoms with Gasteiger partial charge in [0.05, 0.1) is 18.4 Å². The zero-order chi connectivity index (χ0) is 14.4. The number of nitrogen functional groups attached to an aromatic ring is 1. The van der Waals surface area contributed by atoms with E-state index in [-0.39, 0.29) is 17.2 Å². The fraction of sp³-hybridized carbons (Fsp3) is 0.385. The van der Waals surface area contributed by atoms with Crippen molar-refractivity contribution in [2.45, 2.75) is 20.0 Å². The molecule has 0 fully saturated rings. The van der Waals surface area contributed by atoms with Crippen LogP contribution < -0.4 is 15.8 Å². The van der Waals surface area contributed by atoms with Crippen LogP contribution in [0, 0.1) is 0 Å². The number of rotatable bonds is 5. The number of carbonyl (C=O) groups is 2. The molecule has 1 aromatic carbocycles. The largest absolute Gasteiger partial charge is 0.495 e. The summed E-state index contributed by atoms with van der Waals surface area (Å²) in [5, 5.41) is 2.57. The Labute approximate surface area is 111 Å². The van der Waals surface area contributed by atoms with Crippen molar-refractivity contribution in [2.24, 2.45) is 0 Å². The number of benzene rings is 1. The van der Waals surface area contributed by atoms with Crippen LogP contribution in [0.1, 0.15) is 24.2 Å². The number of ether oxygens (including phenoxy) is 2. The van der Waals surface area contributed by atoms with Crippen molar-refractivity contribution >= 4 is 17.6 Å². The molecular formula is C13H18N2O4. The molecule has 6 nitrogen and oxygen atoms in total. The van der Waals surface area contributed by atoms with Gasteiger partial charge < -0.3 is 20.5 Å². The molecule has 0 aliphatic rings. The zero-order valence-corrected chi connectivity index (χ0v) is 11.2. The number of amides is 1. The van der Waals surface area contributed by atoms with Gasteiger partial charge in [-0.1, -0.05) is 6.07 Å². The number of nitrogens with two attached hydrogens (primary N) is 1. The van der Waals surface area contributed by atoms with Crippen LogP contribution in [0.25, 0.3) is 0 Å². The molecule has 0 heterocycles. The standard InChI is InChI=1S/C13H18N2O4/c1-4-15-12(16)8(2)19-13(17)9-6-5-7-10(18-3)11(9)14/h5-8H,4,14H2,1-3H3,(H,15,16). The number of likely N-dealkylation sites (N-methyl/N-ethyl adjacent to an activating group) is 1. The fourth-order valence-corrected chi connectivity index (χ4v) is 1.50. The lowest BCUT2D eigenvalue weighted by molar-refractivity contribution is -0.128. The second-order valence-corrected chi connectivity index (χ2v) is 3.86. The topological polar surface area (TPSA) is 90.6 Å². The molecule has 6 heteroatoms. The molecule has 0 saturated carbocycles. The van der Waals surface area contributed by atoms with Crippen molar-refractivity contribution in [1.82, 2.24) is 5.32 Å². The summed E-state index contributed by atoms with van der Waals surface area (Å²) >= 11 is 0. The number of hydrogen-bond donors (Lipinski definition) is 2. The van der Waals surface area contributed by atoms with Gasteiger partial charge in [0, 0.05) is 6.54 Å². The first kappa shape index (κ1) is 14.8. The first-order chi connectivity index (χ1) is 9.01. The molecule has 0 aromatic heterocycles. The van der Waals surface area contributed by atoms with Crippen LogP contribution in [0.15, 0.2) is 18.2 Å². The van der Waals surface area contributed by atoms with E-state index >= 15 is 0 Å². The van der Waals surface area contributed by atoms with E-state index in [1.807, 2.05) is 0 Å². The highest BCUT2D eigenvalue weighted by atomic mass is 16.5. The Morgan fingerprint density at radius 3 is 2.68 bits per heavy atom. The van der Waals surface area contributed by atoms with E-state index in [1.54, 1.807) is 19.1 Å². The number of nitrogens with one attached hydrogen (secondary N) is 1. The van der Waals surface area contributed by atoms with Crippen molar-refractivity contribution in [3.8, 4) is 5.75 Å². The summed E-state index contributed by atoms with van der Waals surface area (Å²) in [6.07, 6.45) is -0.877. The number of hydrogen-bond acceptors (Lipinski definition) is 5. The predicted molar refractivity (Wildman–Crippen MR) is 71.0 cm³/mol. The van der Waals surface area contributed by atoms with Gasteiger partial charge in [-0.3, -0.25) is 4.79 Å². The monoisotopic (exact) mass is 266 g/mol. The van der Waals surface area contributed by atoms with Crippen molar-refractivity contribution in [2.75, 3.05) is 19.4 Å². The Hall–Kier alpha value is -2.24. The summed E-state index contributed by atoms with van der Waals surface area (Å²) in [5.74, 6) is -0.618. The Balaban J connectivity index is 2.81. The number of anilines is 1. The molecule has 1 rings (SSSR count). The second-order valence-electron chi connectivity index (χ2n) is 3.86. The van der Waals surface area contributed by atoms with Gasteiger partial charge in [0.1, 0.15) is 5.75 Å². The zero-order valence-electron chi connectivity index (χ0n) is 11.2. The lowest BCUT2D eigenvalue weighted by atomic mass is 10.1. The molecule has 1 amide bonds. The van der Waals surface area contributed by atoms with Gasteiger partial charge >= 0.3 is 5.97 Å². The predicted octanol–water partition coefficient (Wildman–Crippen LogP) is 0.959. The van der Waals surface area contributed by atoms with E-state index in [2.05, 4.69) is 5.32 Å². The summed E-state index contributed by atoms with van der Waals surface area (Å²) in [7, 11) is 1.46. The molecule has 1 atom stereocenters. The molecule has 1 aromatic rings. The maximum Gasteiger partial charge on any atom is 0.341 e. The third kappa shape index (κ3) is 3.61. The number of methoxy groups -OCH3 is 1. The number of para-hydroxylation sites is 1. The fourth-order valence-electron chi connectivity index (χ4n) is 1.50. The highest BCUT2D eigenvalue weighted by Gasteiger charge is 2.20. The minimum atomic E-state index is -0.877. The number of carbonyl (C=O) groups excluding carboxylic acids is 2. The minimum absolute atomic E-state index is 0.176. The molecule has 0 aliphatic carbocycles. The van der Waals surface area contributed by atoms with Crippen molar-refractivity contribution in [3.63, 3.8) is 0 Å². The van der Waals surface area contributed by atoms with E-state index in [0.717, 1.165) is 0 Å². The van der Waals surface area contributed by atoms with Gasteiger partial charge in [0.2, 0.25) is 0 Å². The van der Waals surface area contributed by atoms with Crippen LogP contribution in [-0.2, 0) is 9.53 Å². The van der Waals surface area contributed by atoms with E-state index in [9.17, 15) is 9.59 Å². The molecule has 3 N–H and O–H groups in total. The SMILES string of the molecule is CCNC(=O)C(C)OC(=O)c1cccc(OC)c1N. The van der Waals surface area contributed by atoms with Gasteiger partial charge in [-0.25, -0.2) is 4.79 Å². The molecule has 0 bridgehead atoms. The summed E-state index contributed by atoms with van der Waals surface area (Å²) < 4.78 is 10.1. The maximum atomic E-state index is 11.9. The summed E-state index contributed by atoms with van der Waals surface area (Å²) in [5.41, 5.74) is 6.15. The smallest absolute Gasteiger partial charge is 0.341 e. The quantitative estimate of drug-likeness (QED) is 0.612. The Kier molecular flexibility index (Phi) is 5.17. The summed E-state index contributed by atoms with van der Waals surface area (Å²) in [4.78, 5) is 23.4.